The van der Waals surface area contributed by atoms with Gasteiger partial charge in [-0.25, -0.2) is 0 Å². The predicted molar refractivity (Wildman–Crippen MR) is 92.0 cm³/mol. The molecule has 0 aliphatic heterocycles. The molecule has 3 heteroatoms. The zero-order valence-electron chi connectivity index (χ0n) is 14.5. The van der Waals surface area contributed by atoms with Crippen molar-refractivity contribution in [3.63, 3.8) is 0 Å². The first kappa shape index (κ1) is 15.9. The van der Waals surface area contributed by atoms with Crippen LogP contribution in [-0.2, 0) is 15.0 Å². The summed E-state index contributed by atoms with van der Waals surface area (Å²) in [4.78, 5) is 22.2. The van der Waals surface area contributed by atoms with Gasteiger partial charge in [0.2, 0.25) is 0 Å². The molecule has 0 N–H and O–H groups in total. The third kappa shape index (κ3) is 1.79. The summed E-state index contributed by atoms with van der Waals surface area (Å²) in [5.41, 5.74) is 1.70. The molecule has 0 radical (unpaired) electrons. The number of rotatable bonds is 6. The Morgan fingerprint density at radius 3 is 2.67 bits per heavy atom. The Morgan fingerprint density at radius 2 is 1.96 bits per heavy atom. The van der Waals surface area contributed by atoms with Gasteiger partial charge in [-0.1, -0.05) is 26.0 Å². The van der Waals surface area contributed by atoms with E-state index in [1.54, 1.807) is 0 Å². The number of hydrogen-bond donors (Lipinski definition) is 0. The van der Waals surface area contributed by atoms with E-state index >= 15 is 0 Å². The zero-order valence-corrected chi connectivity index (χ0v) is 14.5. The van der Waals surface area contributed by atoms with Crippen molar-refractivity contribution in [1.82, 2.24) is 0 Å². The van der Waals surface area contributed by atoms with Gasteiger partial charge in [-0.05, 0) is 66.0 Å². The zero-order chi connectivity index (χ0) is 16.9. The topological polar surface area (TPSA) is 43.4 Å². The van der Waals surface area contributed by atoms with Crippen molar-refractivity contribution in [2.75, 3.05) is 6.61 Å². The molecule has 128 valence electrons. The van der Waals surface area contributed by atoms with Crippen LogP contribution in [0.5, 0.6) is 5.75 Å². The third-order valence-corrected chi connectivity index (χ3v) is 7.50. The predicted octanol–water partition coefficient (Wildman–Crippen LogP) is 3.79. The van der Waals surface area contributed by atoms with Gasteiger partial charge in [0.15, 0.2) is 6.29 Å². The molecule has 6 unspecified atom stereocenters. The lowest BCUT2D eigenvalue weighted by molar-refractivity contribution is -0.245. The molecule has 1 spiro atoms. The van der Waals surface area contributed by atoms with Crippen molar-refractivity contribution < 1.29 is 14.3 Å². The average Bonchev–Trinajstić information content (AvgIpc) is 2.94. The minimum absolute atomic E-state index is 0.0143. The Bertz CT molecular complexity index is 669. The highest BCUT2D eigenvalue weighted by atomic mass is 16.5. The molecule has 3 aliphatic carbocycles. The van der Waals surface area contributed by atoms with Crippen LogP contribution in [0.2, 0.25) is 0 Å². The van der Waals surface area contributed by atoms with E-state index in [9.17, 15) is 9.59 Å². The first-order valence-corrected chi connectivity index (χ1v) is 9.20. The molecular formula is C21H26O3. The number of aldehydes is 2. The second-order valence-electron chi connectivity index (χ2n) is 8.32. The van der Waals surface area contributed by atoms with Gasteiger partial charge in [0.25, 0.3) is 0 Å². The van der Waals surface area contributed by atoms with Gasteiger partial charge in [0.05, 0.1) is 0 Å². The number of benzene rings is 1. The molecule has 6 atom stereocenters. The van der Waals surface area contributed by atoms with E-state index in [0.717, 1.165) is 30.2 Å². The van der Waals surface area contributed by atoms with Crippen molar-refractivity contribution in [1.29, 1.82) is 0 Å². The van der Waals surface area contributed by atoms with E-state index in [2.05, 4.69) is 26.0 Å². The van der Waals surface area contributed by atoms with Crippen LogP contribution in [0.4, 0.5) is 0 Å². The normalized spacial score (nSPS) is 42.2. The third-order valence-electron chi connectivity index (χ3n) is 7.50. The summed E-state index contributed by atoms with van der Waals surface area (Å²) < 4.78 is 5.51. The lowest BCUT2D eigenvalue weighted by Gasteiger charge is -2.76. The van der Waals surface area contributed by atoms with Gasteiger partial charge < -0.3 is 9.53 Å². The van der Waals surface area contributed by atoms with Gasteiger partial charge in [-0.2, -0.15) is 0 Å². The van der Waals surface area contributed by atoms with Crippen LogP contribution in [0, 0.1) is 29.1 Å². The van der Waals surface area contributed by atoms with Crippen molar-refractivity contribution in [2.45, 2.75) is 44.9 Å². The number of hydrogen-bond acceptors (Lipinski definition) is 3. The Labute approximate surface area is 143 Å². The van der Waals surface area contributed by atoms with Crippen LogP contribution >= 0.6 is 0 Å². The number of carbonyl (C=O) groups excluding carboxylic acids is 2. The number of ether oxygens (including phenoxy) is 1. The molecule has 3 fully saturated rings. The molecule has 0 amide bonds. The summed E-state index contributed by atoms with van der Waals surface area (Å²) in [5, 5.41) is 0. The van der Waals surface area contributed by atoms with Gasteiger partial charge in [0, 0.05) is 11.8 Å². The second-order valence-corrected chi connectivity index (χ2v) is 8.32. The molecule has 4 rings (SSSR count). The highest BCUT2D eigenvalue weighted by Gasteiger charge is 2.78. The van der Waals surface area contributed by atoms with E-state index in [-0.39, 0.29) is 12.0 Å². The van der Waals surface area contributed by atoms with Gasteiger partial charge in [-0.3, -0.25) is 4.79 Å². The van der Waals surface area contributed by atoms with Crippen LogP contribution < -0.4 is 4.74 Å². The van der Waals surface area contributed by atoms with Gasteiger partial charge in [-0.15, -0.1) is 0 Å². The fraction of sp³-hybridized carbons (Fsp3) is 0.619. The summed E-state index contributed by atoms with van der Waals surface area (Å²) >= 11 is 0. The molecule has 0 aromatic heterocycles. The van der Waals surface area contributed by atoms with E-state index in [1.165, 1.54) is 24.8 Å². The van der Waals surface area contributed by atoms with Crippen LogP contribution in [0.3, 0.4) is 0 Å². The largest absolute Gasteiger partial charge is 0.486 e. The summed E-state index contributed by atoms with van der Waals surface area (Å²) in [6.45, 7) is 4.84. The lowest BCUT2D eigenvalue weighted by atomic mass is 9.27. The van der Waals surface area contributed by atoms with Crippen molar-refractivity contribution in [2.24, 2.45) is 29.1 Å². The molecule has 3 saturated carbocycles. The van der Waals surface area contributed by atoms with Crippen molar-refractivity contribution in [3.8, 4) is 5.75 Å². The number of carbonyl (C=O) groups is 2. The van der Waals surface area contributed by atoms with Crippen LogP contribution in [0.15, 0.2) is 24.3 Å². The molecule has 1 aromatic carbocycles. The fourth-order valence-electron chi connectivity index (χ4n) is 6.83. The van der Waals surface area contributed by atoms with Crippen molar-refractivity contribution >= 4 is 12.6 Å². The SMILES string of the molecule is CC1CC2C(CC=O)(c3cccc(OCC=O)c3)C3CC(C)C23C1. The highest BCUT2D eigenvalue weighted by Crippen LogP contribution is 2.82. The Hall–Kier alpha value is -1.64. The minimum Gasteiger partial charge on any atom is -0.486 e. The second kappa shape index (κ2) is 5.44. The molecule has 0 bridgehead atoms. The van der Waals surface area contributed by atoms with Crippen LogP contribution in [0.1, 0.15) is 45.1 Å². The van der Waals surface area contributed by atoms with Crippen LogP contribution in [0.25, 0.3) is 0 Å². The van der Waals surface area contributed by atoms with Gasteiger partial charge >= 0.3 is 0 Å². The molecule has 0 saturated heterocycles. The van der Waals surface area contributed by atoms with E-state index in [4.69, 9.17) is 4.74 Å². The average molecular weight is 326 g/mol. The van der Waals surface area contributed by atoms with E-state index < -0.39 is 0 Å². The quantitative estimate of drug-likeness (QED) is 0.747. The molecular weight excluding hydrogens is 300 g/mol. The Balaban J connectivity index is 1.73. The maximum absolute atomic E-state index is 11.6. The summed E-state index contributed by atoms with van der Waals surface area (Å²) in [7, 11) is 0. The minimum atomic E-state index is -0.0143. The summed E-state index contributed by atoms with van der Waals surface area (Å²) in [6.07, 6.45) is 6.29. The van der Waals surface area contributed by atoms with Crippen LogP contribution in [-0.4, -0.2) is 19.2 Å². The van der Waals surface area contributed by atoms with Gasteiger partial charge in [0.1, 0.15) is 18.6 Å². The van der Waals surface area contributed by atoms with E-state index in [1.807, 2.05) is 12.1 Å². The summed E-state index contributed by atoms with van der Waals surface area (Å²) in [5.74, 6) is 3.51. The smallest absolute Gasteiger partial charge is 0.157 e. The molecule has 24 heavy (non-hydrogen) atoms. The maximum atomic E-state index is 11.6. The fourth-order valence-corrected chi connectivity index (χ4v) is 6.83. The lowest BCUT2D eigenvalue weighted by Crippen LogP contribution is -2.73. The first-order chi connectivity index (χ1) is 11.6. The Kier molecular flexibility index (Phi) is 3.59. The Morgan fingerprint density at radius 1 is 1.17 bits per heavy atom. The standard InChI is InChI=1S/C21H26O3/c1-14-10-18-20(6-7-22,19-11-15(2)21(18,19)13-14)16-4-3-5-17(12-16)24-9-8-23/h3-5,7-8,12,14-15,18-19H,6,9-11,13H2,1-2H3. The molecule has 1 aromatic rings. The molecule has 3 aliphatic rings. The monoisotopic (exact) mass is 326 g/mol. The maximum Gasteiger partial charge on any atom is 0.157 e. The van der Waals surface area contributed by atoms with Crippen molar-refractivity contribution in [3.05, 3.63) is 29.8 Å². The molecule has 0 heterocycles. The van der Waals surface area contributed by atoms with E-state index in [0.29, 0.717) is 23.7 Å². The summed E-state index contributed by atoms with van der Waals surface area (Å²) in [6, 6.07) is 8.13. The molecule has 3 nitrogen and oxygen atoms in total. The highest BCUT2D eigenvalue weighted by molar-refractivity contribution is 5.58. The first-order valence-electron chi connectivity index (χ1n) is 9.20.